The molecular weight excluding hydrogens is 312 g/mol. The van der Waals surface area contributed by atoms with E-state index >= 15 is 0 Å². The van der Waals surface area contributed by atoms with Crippen molar-refractivity contribution >= 4 is 27.9 Å². The Labute approximate surface area is 120 Å². The molecule has 2 rings (SSSR count). The van der Waals surface area contributed by atoms with Crippen LogP contribution in [0.15, 0.2) is 28.7 Å². The lowest BCUT2D eigenvalue weighted by Crippen LogP contribution is -2.44. The summed E-state index contributed by atoms with van der Waals surface area (Å²) in [6.45, 7) is 3.45. The molecule has 1 aromatic carbocycles. The van der Waals surface area contributed by atoms with Gasteiger partial charge >= 0.3 is 11.9 Å². The Bertz CT molecular complexity index is 525. The Balaban J connectivity index is 2.53. The molecule has 0 radical (unpaired) electrons. The van der Waals surface area contributed by atoms with Gasteiger partial charge in [-0.15, -0.1) is 0 Å². The van der Waals surface area contributed by atoms with Gasteiger partial charge in [0.25, 0.3) is 0 Å². The topological polar surface area (TPSA) is 52.6 Å². The number of carbonyl (C=O) groups excluding carboxylic acids is 2. The monoisotopic (exact) mass is 326 g/mol. The fourth-order valence-electron chi connectivity index (χ4n) is 2.47. The van der Waals surface area contributed by atoms with Gasteiger partial charge in [-0.1, -0.05) is 28.1 Å². The van der Waals surface area contributed by atoms with Crippen LogP contribution >= 0.6 is 15.9 Å². The molecule has 1 saturated heterocycles. The second-order valence-corrected chi connectivity index (χ2v) is 5.93. The first-order chi connectivity index (χ1) is 8.83. The zero-order valence-electron chi connectivity index (χ0n) is 11.0. The zero-order chi connectivity index (χ0) is 14.3. The highest BCUT2D eigenvalue weighted by Crippen LogP contribution is 2.51. The molecule has 0 N–H and O–H groups in total. The van der Waals surface area contributed by atoms with E-state index in [9.17, 15) is 9.59 Å². The van der Waals surface area contributed by atoms with Crippen LogP contribution in [0.25, 0.3) is 0 Å². The van der Waals surface area contributed by atoms with Crippen LogP contribution in [-0.2, 0) is 24.7 Å². The number of carbonyl (C=O) groups is 2. The lowest BCUT2D eigenvalue weighted by Gasteiger charge is -2.36. The van der Waals surface area contributed by atoms with Crippen LogP contribution in [0, 0.1) is 5.41 Å². The molecule has 4 nitrogen and oxygen atoms in total. The summed E-state index contributed by atoms with van der Waals surface area (Å²) in [7, 11) is 1.32. The fourth-order valence-corrected chi connectivity index (χ4v) is 2.74. The number of halogens is 1. The zero-order valence-corrected chi connectivity index (χ0v) is 12.6. The van der Waals surface area contributed by atoms with Crippen molar-refractivity contribution in [1.29, 1.82) is 0 Å². The molecule has 1 unspecified atom stereocenters. The highest BCUT2D eigenvalue weighted by atomic mass is 79.9. The lowest BCUT2D eigenvalue weighted by molar-refractivity contribution is -0.165. The predicted octanol–water partition coefficient (Wildman–Crippen LogP) is 2.79. The number of esters is 2. The van der Waals surface area contributed by atoms with Gasteiger partial charge in [-0.25, -0.2) is 0 Å². The first-order valence-corrected chi connectivity index (χ1v) is 6.69. The number of hydrogen-bond donors (Lipinski definition) is 0. The minimum absolute atomic E-state index is 0.0201. The fraction of sp³-hybridized carbons (Fsp3) is 0.429. The molecule has 0 aromatic heterocycles. The summed E-state index contributed by atoms with van der Waals surface area (Å²) in [5, 5.41) is 0. The van der Waals surface area contributed by atoms with Crippen molar-refractivity contribution in [3.05, 3.63) is 34.3 Å². The smallest absolute Gasteiger partial charge is 0.316 e. The molecule has 19 heavy (non-hydrogen) atoms. The van der Waals surface area contributed by atoms with E-state index in [0.717, 1.165) is 10.0 Å². The van der Waals surface area contributed by atoms with E-state index in [1.807, 2.05) is 24.3 Å². The standard InChI is InChI=1S/C14H15BrO4/c1-13(12(17)18-3)8-11(16)19-14(13,2)9-4-6-10(15)7-5-9/h4-7H,8H2,1-3H3/t13?,14-/m1/s1. The summed E-state index contributed by atoms with van der Waals surface area (Å²) in [5.74, 6) is -0.831. The molecule has 0 bridgehead atoms. The number of methoxy groups -OCH3 is 1. The molecule has 1 aromatic rings. The molecule has 0 aliphatic carbocycles. The van der Waals surface area contributed by atoms with Crippen molar-refractivity contribution in [2.75, 3.05) is 7.11 Å². The normalized spacial score (nSPS) is 30.0. The maximum absolute atomic E-state index is 12.1. The highest BCUT2D eigenvalue weighted by molar-refractivity contribution is 9.10. The molecule has 0 saturated carbocycles. The first kappa shape index (κ1) is 14.1. The van der Waals surface area contributed by atoms with Gasteiger partial charge in [0.15, 0.2) is 5.60 Å². The summed E-state index contributed by atoms with van der Waals surface area (Å²) in [5.41, 5.74) is -1.26. The molecule has 1 heterocycles. The third-order valence-electron chi connectivity index (χ3n) is 3.90. The van der Waals surface area contributed by atoms with E-state index in [1.54, 1.807) is 13.8 Å². The third kappa shape index (κ3) is 2.06. The van der Waals surface area contributed by atoms with E-state index in [-0.39, 0.29) is 6.42 Å². The number of ether oxygens (including phenoxy) is 2. The Morgan fingerprint density at radius 2 is 1.89 bits per heavy atom. The van der Waals surface area contributed by atoms with Gasteiger partial charge in [0.2, 0.25) is 0 Å². The van der Waals surface area contributed by atoms with Crippen LogP contribution in [0.2, 0.25) is 0 Å². The molecular formula is C14H15BrO4. The van der Waals surface area contributed by atoms with Crippen molar-refractivity contribution in [2.24, 2.45) is 5.41 Å². The van der Waals surface area contributed by atoms with Gasteiger partial charge in [-0.05, 0) is 31.5 Å². The average Bonchev–Trinajstić information content (AvgIpc) is 2.61. The van der Waals surface area contributed by atoms with E-state index in [4.69, 9.17) is 9.47 Å². The Morgan fingerprint density at radius 3 is 2.42 bits per heavy atom. The molecule has 0 spiro atoms. The number of hydrogen-bond acceptors (Lipinski definition) is 4. The second-order valence-electron chi connectivity index (χ2n) is 5.01. The minimum Gasteiger partial charge on any atom is -0.468 e. The Kier molecular flexibility index (Phi) is 3.43. The molecule has 1 fully saturated rings. The van der Waals surface area contributed by atoms with E-state index < -0.39 is 23.0 Å². The largest absolute Gasteiger partial charge is 0.468 e. The van der Waals surface area contributed by atoms with Gasteiger partial charge < -0.3 is 9.47 Å². The van der Waals surface area contributed by atoms with Crippen LogP contribution in [0.1, 0.15) is 25.8 Å². The van der Waals surface area contributed by atoms with Crippen LogP contribution in [0.3, 0.4) is 0 Å². The number of benzene rings is 1. The van der Waals surface area contributed by atoms with Crippen molar-refractivity contribution in [2.45, 2.75) is 25.9 Å². The van der Waals surface area contributed by atoms with E-state index in [1.165, 1.54) is 7.11 Å². The summed E-state index contributed by atoms with van der Waals surface area (Å²) in [6, 6.07) is 7.38. The molecule has 102 valence electrons. The number of cyclic esters (lactones) is 1. The predicted molar refractivity (Wildman–Crippen MR) is 72.3 cm³/mol. The minimum atomic E-state index is -1.02. The van der Waals surface area contributed by atoms with Gasteiger partial charge in [-0.3, -0.25) is 9.59 Å². The van der Waals surface area contributed by atoms with Gasteiger partial charge in [-0.2, -0.15) is 0 Å². The molecule has 2 atom stereocenters. The van der Waals surface area contributed by atoms with Crippen LogP contribution in [0.4, 0.5) is 0 Å². The summed E-state index contributed by atoms with van der Waals surface area (Å²) in [6.07, 6.45) is 0.0201. The summed E-state index contributed by atoms with van der Waals surface area (Å²) in [4.78, 5) is 23.8. The van der Waals surface area contributed by atoms with Gasteiger partial charge in [0.05, 0.1) is 13.5 Å². The molecule has 5 heteroatoms. The lowest BCUT2D eigenvalue weighted by atomic mass is 9.70. The Morgan fingerprint density at radius 1 is 1.32 bits per heavy atom. The van der Waals surface area contributed by atoms with Gasteiger partial charge in [0.1, 0.15) is 5.41 Å². The van der Waals surface area contributed by atoms with Crippen LogP contribution < -0.4 is 0 Å². The van der Waals surface area contributed by atoms with Gasteiger partial charge in [0, 0.05) is 4.47 Å². The average molecular weight is 327 g/mol. The maximum Gasteiger partial charge on any atom is 0.316 e. The maximum atomic E-state index is 12.1. The van der Waals surface area contributed by atoms with Crippen molar-refractivity contribution in [3.63, 3.8) is 0 Å². The van der Waals surface area contributed by atoms with Crippen LogP contribution in [-0.4, -0.2) is 19.0 Å². The molecule has 1 aliphatic heterocycles. The van der Waals surface area contributed by atoms with Crippen molar-refractivity contribution < 1.29 is 19.1 Å². The Hall–Kier alpha value is -1.36. The van der Waals surface area contributed by atoms with E-state index in [0.29, 0.717) is 0 Å². The van der Waals surface area contributed by atoms with Crippen molar-refractivity contribution in [1.82, 2.24) is 0 Å². The second kappa shape index (κ2) is 4.63. The van der Waals surface area contributed by atoms with Crippen LogP contribution in [0.5, 0.6) is 0 Å². The van der Waals surface area contributed by atoms with Crippen molar-refractivity contribution in [3.8, 4) is 0 Å². The molecule has 1 aliphatic rings. The summed E-state index contributed by atoms with van der Waals surface area (Å²) >= 11 is 3.36. The molecule has 0 amide bonds. The summed E-state index contributed by atoms with van der Waals surface area (Å²) < 4.78 is 11.2. The van der Waals surface area contributed by atoms with E-state index in [2.05, 4.69) is 15.9 Å². The number of rotatable bonds is 2. The SMILES string of the molecule is COC(=O)C1(C)CC(=O)O[C@]1(C)c1ccc(Br)cc1. The third-order valence-corrected chi connectivity index (χ3v) is 4.43. The highest BCUT2D eigenvalue weighted by Gasteiger charge is 2.61. The quantitative estimate of drug-likeness (QED) is 0.784. The first-order valence-electron chi connectivity index (χ1n) is 5.90.